The summed E-state index contributed by atoms with van der Waals surface area (Å²) in [4.78, 5) is 24.9. The number of aliphatic hydroxyl groups is 1. The molecule has 136 valence electrons. The van der Waals surface area contributed by atoms with Gasteiger partial charge in [-0.1, -0.05) is 53.7 Å². The van der Waals surface area contributed by atoms with Crippen LogP contribution in [0.5, 0.6) is 5.75 Å². The number of rotatable bonds is 3. The predicted octanol–water partition coefficient (Wildman–Crippen LogP) is 3.68. The van der Waals surface area contributed by atoms with E-state index in [4.69, 9.17) is 4.74 Å². The van der Waals surface area contributed by atoms with Gasteiger partial charge in [0.15, 0.2) is 5.78 Å². The molecule has 0 aromatic heterocycles. The first-order valence-corrected chi connectivity index (χ1v) is 8.40. The van der Waals surface area contributed by atoms with Crippen molar-refractivity contribution in [1.82, 2.24) is 0 Å². The molecule has 0 amide bonds. The van der Waals surface area contributed by atoms with E-state index in [9.17, 15) is 14.7 Å². The number of carbonyl (C=O) groups excluding carboxylic acids is 2. The zero-order valence-electron chi connectivity index (χ0n) is 15.8. The maximum atomic E-state index is 12.5. The highest BCUT2D eigenvalue weighted by atomic mass is 16.6. The first-order chi connectivity index (χ1) is 11.3. The lowest BCUT2D eigenvalue weighted by molar-refractivity contribution is -0.148. The molecule has 1 atom stereocenters. The third-order valence-corrected chi connectivity index (χ3v) is 4.11. The van der Waals surface area contributed by atoms with Crippen molar-refractivity contribution >= 4 is 17.3 Å². The summed E-state index contributed by atoms with van der Waals surface area (Å²) in [5.74, 6) is -1.79. The summed E-state index contributed by atoms with van der Waals surface area (Å²) in [7, 11) is 0. The van der Waals surface area contributed by atoms with E-state index in [0.29, 0.717) is 11.4 Å². The zero-order valence-corrected chi connectivity index (χ0v) is 15.8. The van der Waals surface area contributed by atoms with Crippen LogP contribution in [0.25, 0.3) is 0 Å². The fourth-order valence-corrected chi connectivity index (χ4v) is 2.25. The molecule has 1 aromatic carbocycles. The summed E-state index contributed by atoms with van der Waals surface area (Å²) in [5, 5.41) is 14.2. The van der Waals surface area contributed by atoms with Gasteiger partial charge in [-0.25, -0.2) is 0 Å². The number of hydrogen-bond donors (Lipinski definition) is 2. The van der Waals surface area contributed by atoms with Crippen molar-refractivity contribution in [3.05, 3.63) is 36.0 Å². The molecule has 5 heteroatoms. The Balaban J connectivity index is 2.47. The average molecular weight is 345 g/mol. The molecule has 2 rings (SSSR count). The highest BCUT2D eigenvalue weighted by Gasteiger charge is 2.44. The molecule has 2 N–H and O–H groups in total. The number of nitrogens with one attached hydrogen (secondary N) is 1. The minimum absolute atomic E-state index is 0.162. The van der Waals surface area contributed by atoms with E-state index in [1.54, 1.807) is 59.7 Å². The van der Waals surface area contributed by atoms with Crippen LogP contribution in [0.15, 0.2) is 36.0 Å². The van der Waals surface area contributed by atoms with Gasteiger partial charge in [-0.2, -0.15) is 0 Å². The first-order valence-electron chi connectivity index (χ1n) is 8.40. The van der Waals surface area contributed by atoms with Crippen molar-refractivity contribution < 1.29 is 19.4 Å². The van der Waals surface area contributed by atoms with Gasteiger partial charge in [-0.15, -0.1) is 0 Å². The Kier molecular flexibility index (Phi) is 4.83. The molecule has 0 spiro atoms. The molecule has 0 bridgehead atoms. The quantitative estimate of drug-likeness (QED) is 0.817. The number of ketones is 2. The van der Waals surface area contributed by atoms with Crippen LogP contribution in [-0.4, -0.2) is 22.5 Å². The molecule has 0 aliphatic carbocycles. The van der Waals surface area contributed by atoms with Crippen LogP contribution in [0.2, 0.25) is 0 Å². The zero-order chi connectivity index (χ0) is 19.0. The maximum absolute atomic E-state index is 12.5. The monoisotopic (exact) mass is 345 g/mol. The Bertz CT molecular complexity index is 722. The molecule has 0 radical (unpaired) electrons. The van der Waals surface area contributed by atoms with Gasteiger partial charge >= 0.3 is 0 Å². The number of fused-ring (bicyclic) bond motifs is 1. The number of hydrogen-bond acceptors (Lipinski definition) is 5. The van der Waals surface area contributed by atoms with Crippen molar-refractivity contribution in [2.45, 2.75) is 53.8 Å². The minimum Gasteiger partial charge on any atom is -0.454 e. The van der Waals surface area contributed by atoms with Crippen LogP contribution in [0, 0.1) is 10.8 Å². The van der Waals surface area contributed by atoms with Crippen molar-refractivity contribution in [3.8, 4) is 5.75 Å². The molecule has 0 saturated heterocycles. The summed E-state index contributed by atoms with van der Waals surface area (Å²) in [6.45, 7) is 10.7. The molecule has 25 heavy (non-hydrogen) atoms. The van der Waals surface area contributed by atoms with Crippen molar-refractivity contribution in [3.63, 3.8) is 0 Å². The number of carbonyl (C=O) groups is 2. The van der Waals surface area contributed by atoms with E-state index in [1.807, 2.05) is 6.07 Å². The van der Waals surface area contributed by atoms with Crippen LogP contribution in [0.1, 0.15) is 48.0 Å². The van der Waals surface area contributed by atoms with E-state index in [0.717, 1.165) is 0 Å². The van der Waals surface area contributed by atoms with Gasteiger partial charge in [0.25, 0.3) is 5.79 Å². The van der Waals surface area contributed by atoms with Crippen molar-refractivity contribution in [1.29, 1.82) is 0 Å². The Labute approximate surface area is 149 Å². The molecule has 5 nitrogen and oxygen atoms in total. The third-order valence-electron chi connectivity index (χ3n) is 4.11. The van der Waals surface area contributed by atoms with Crippen LogP contribution in [-0.2, 0) is 9.59 Å². The second kappa shape index (κ2) is 6.30. The van der Waals surface area contributed by atoms with Crippen molar-refractivity contribution in [2.24, 2.45) is 10.8 Å². The standard InChI is InChI=1S/C20H27NO4/c1-18(2,3)16(22)11-15-20(24,12-17(23)19(4,5)6)25-14-10-8-7-9-13(14)21-15/h7-11,21,24H,12H2,1-6H3/t20-/m1/s1. The number of allylic oxidation sites excluding steroid dienone is 1. The summed E-state index contributed by atoms with van der Waals surface area (Å²) in [6, 6.07) is 7.09. The molecular weight excluding hydrogens is 318 g/mol. The number of para-hydroxylation sites is 2. The minimum atomic E-state index is -1.90. The average Bonchev–Trinajstić information content (AvgIpc) is 2.45. The Hall–Kier alpha value is -2.14. The van der Waals surface area contributed by atoms with E-state index < -0.39 is 16.6 Å². The Morgan fingerprint density at radius 2 is 1.72 bits per heavy atom. The predicted molar refractivity (Wildman–Crippen MR) is 97.3 cm³/mol. The number of Topliss-reactive ketones (excluding diaryl/α,β-unsaturated/α-hetero) is 1. The Morgan fingerprint density at radius 1 is 1.12 bits per heavy atom. The van der Waals surface area contributed by atoms with E-state index in [2.05, 4.69) is 5.32 Å². The lowest BCUT2D eigenvalue weighted by Gasteiger charge is -2.38. The van der Waals surface area contributed by atoms with Gasteiger partial charge in [0.2, 0.25) is 0 Å². The molecule has 1 aromatic rings. The normalized spacial score (nSPS) is 22.0. The van der Waals surface area contributed by atoms with Crippen LogP contribution in [0.3, 0.4) is 0 Å². The summed E-state index contributed by atoms with van der Waals surface area (Å²) in [5.41, 5.74) is -0.414. The van der Waals surface area contributed by atoms with Crippen LogP contribution >= 0.6 is 0 Å². The van der Waals surface area contributed by atoms with Gasteiger partial charge in [-0.05, 0) is 12.1 Å². The number of anilines is 1. The lowest BCUT2D eigenvalue weighted by Crippen LogP contribution is -2.47. The molecule has 0 unspecified atom stereocenters. The lowest BCUT2D eigenvalue weighted by atomic mass is 9.84. The first kappa shape index (κ1) is 19.2. The van der Waals surface area contributed by atoms with E-state index in [-0.39, 0.29) is 23.7 Å². The van der Waals surface area contributed by atoms with Gasteiger partial charge in [0, 0.05) is 16.9 Å². The molecule has 1 aliphatic heterocycles. The van der Waals surface area contributed by atoms with E-state index in [1.165, 1.54) is 6.08 Å². The van der Waals surface area contributed by atoms with Crippen LogP contribution < -0.4 is 10.1 Å². The van der Waals surface area contributed by atoms with Gasteiger partial charge in [0.1, 0.15) is 11.5 Å². The van der Waals surface area contributed by atoms with Crippen molar-refractivity contribution in [2.75, 3.05) is 5.32 Å². The van der Waals surface area contributed by atoms with Crippen LogP contribution in [0.4, 0.5) is 5.69 Å². The highest BCUT2D eigenvalue weighted by molar-refractivity contribution is 5.95. The summed E-state index contributed by atoms with van der Waals surface area (Å²) in [6.07, 6.45) is 1.09. The summed E-state index contributed by atoms with van der Waals surface area (Å²) >= 11 is 0. The fraction of sp³-hybridized carbons (Fsp3) is 0.500. The number of benzene rings is 1. The fourth-order valence-electron chi connectivity index (χ4n) is 2.25. The van der Waals surface area contributed by atoms with E-state index >= 15 is 0 Å². The van der Waals surface area contributed by atoms with Gasteiger partial charge < -0.3 is 15.2 Å². The second-order valence-corrected chi connectivity index (χ2v) is 8.53. The molecular formula is C20H27NO4. The second-order valence-electron chi connectivity index (χ2n) is 8.53. The summed E-state index contributed by atoms with van der Waals surface area (Å²) < 4.78 is 5.76. The number of ether oxygens (including phenoxy) is 1. The Morgan fingerprint density at radius 3 is 2.28 bits per heavy atom. The third kappa shape index (κ3) is 4.28. The smallest absolute Gasteiger partial charge is 0.257 e. The SMILES string of the molecule is CC(C)(C)C(=O)C=C1Nc2ccccc2O[C@]1(O)CC(=O)C(C)(C)C. The van der Waals surface area contributed by atoms with Gasteiger partial charge in [-0.3, -0.25) is 9.59 Å². The maximum Gasteiger partial charge on any atom is 0.257 e. The highest BCUT2D eigenvalue weighted by Crippen LogP contribution is 2.39. The topological polar surface area (TPSA) is 75.6 Å². The molecule has 1 heterocycles. The molecule has 0 saturated carbocycles. The molecule has 0 fully saturated rings. The molecule has 1 aliphatic rings. The largest absolute Gasteiger partial charge is 0.454 e. The van der Waals surface area contributed by atoms with Gasteiger partial charge in [0.05, 0.1) is 17.8 Å².